The van der Waals surface area contributed by atoms with Crippen LogP contribution in [0.15, 0.2) is 17.5 Å². The van der Waals surface area contributed by atoms with Gasteiger partial charge in [0.1, 0.15) is 28.8 Å². The number of nitrogens with zero attached hydrogens (tertiary/aromatic N) is 3. The summed E-state index contributed by atoms with van der Waals surface area (Å²) in [4.78, 5) is 0. The van der Waals surface area contributed by atoms with Crippen molar-refractivity contribution in [3.05, 3.63) is 18.2 Å². The lowest BCUT2D eigenvalue weighted by atomic mass is 10.5. The Labute approximate surface area is 118 Å². The summed E-state index contributed by atoms with van der Waals surface area (Å²) in [5.41, 5.74) is 0. The molecular formula is C10H18ClN3O4S. The van der Waals surface area contributed by atoms with E-state index in [1.165, 1.54) is 12.5 Å². The van der Waals surface area contributed by atoms with Gasteiger partial charge in [-0.05, 0) is 0 Å². The summed E-state index contributed by atoms with van der Waals surface area (Å²) in [5, 5.41) is 11.5. The molecule has 0 aliphatic carbocycles. The molecule has 19 heavy (non-hydrogen) atoms. The fourth-order valence-corrected chi connectivity index (χ4v) is 1.84. The van der Waals surface area contributed by atoms with E-state index >= 15 is 0 Å². The Bertz CT molecular complexity index is 513. The minimum atomic E-state index is -2.97. The molecule has 0 radical (unpaired) electrons. The predicted molar refractivity (Wildman–Crippen MR) is 65.5 cm³/mol. The summed E-state index contributed by atoms with van der Waals surface area (Å²) in [6.45, 7) is 1.15. The zero-order valence-corrected chi connectivity index (χ0v) is 12.4. The molecule has 0 saturated carbocycles. The molecule has 0 aromatic carbocycles. The molecule has 9 heteroatoms. The van der Waals surface area contributed by atoms with Crippen LogP contribution in [0.2, 0.25) is 0 Å². The zero-order chi connectivity index (χ0) is 13.6. The third kappa shape index (κ3) is 6.55. The van der Waals surface area contributed by atoms with Gasteiger partial charge in [-0.15, -0.1) is 0 Å². The van der Waals surface area contributed by atoms with Gasteiger partial charge in [0.2, 0.25) is 0 Å². The number of imidazole rings is 1. The van der Waals surface area contributed by atoms with E-state index < -0.39 is 9.84 Å². The molecule has 7 nitrogen and oxygen atoms in total. The van der Waals surface area contributed by atoms with Crippen LogP contribution in [0.5, 0.6) is 0 Å². The largest absolute Gasteiger partial charge is 1.00 e. The summed E-state index contributed by atoms with van der Waals surface area (Å²) < 4.78 is 30.6. The number of halogens is 1. The summed E-state index contributed by atoms with van der Waals surface area (Å²) in [6, 6.07) is 0. The van der Waals surface area contributed by atoms with Crippen LogP contribution in [-0.4, -0.2) is 49.6 Å². The Morgan fingerprint density at radius 2 is 2.21 bits per heavy atom. The summed E-state index contributed by atoms with van der Waals surface area (Å²) in [6.07, 6.45) is 6.17. The first-order valence-electron chi connectivity index (χ1n) is 5.41. The number of ether oxygens (including phenoxy) is 1. The van der Waals surface area contributed by atoms with E-state index in [9.17, 15) is 8.42 Å². The second-order valence-corrected chi connectivity index (χ2v) is 6.21. The van der Waals surface area contributed by atoms with Gasteiger partial charge in [0, 0.05) is 6.26 Å². The van der Waals surface area contributed by atoms with E-state index in [1.807, 2.05) is 24.0 Å². The molecule has 0 saturated heterocycles. The molecule has 1 aromatic heterocycles. The van der Waals surface area contributed by atoms with Crippen LogP contribution >= 0.6 is 0 Å². The lowest BCUT2D eigenvalue weighted by molar-refractivity contribution is -0.671. The van der Waals surface area contributed by atoms with Gasteiger partial charge in [-0.2, -0.15) is 0 Å². The Morgan fingerprint density at radius 1 is 1.53 bits per heavy atom. The Morgan fingerprint density at radius 3 is 2.79 bits per heavy atom. The maximum atomic E-state index is 10.9. The van der Waals surface area contributed by atoms with Crippen molar-refractivity contribution in [1.29, 1.82) is 0 Å². The normalized spacial score (nSPS) is 11.7. The molecule has 0 aliphatic rings. The number of hydrogen-bond donors (Lipinski definition) is 1. The van der Waals surface area contributed by atoms with Crippen molar-refractivity contribution in [1.82, 2.24) is 4.57 Å². The number of aryl methyl sites for hydroxylation is 1. The van der Waals surface area contributed by atoms with Gasteiger partial charge in [-0.25, -0.2) is 17.6 Å². The fraction of sp³-hybridized carbons (Fsp3) is 0.600. The minimum Gasteiger partial charge on any atom is -1.00 e. The average Bonchev–Trinajstić information content (AvgIpc) is 2.60. The molecule has 1 rings (SSSR count). The van der Waals surface area contributed by atoms with Gasteiger partial charge in [0.05, 0.1) is 26.0 Å². The summed E-state index contributed by atoms with van der Waals surface area (Å²) >= 11 is 0. The third-order valence-corrected chi connectivity index (χ3v) is 3.28. The summed E-state index contributed by atoms with van der Waals surface area (Å²) in [7, 11) is -1.14. The molecule has 0 spiro atoms. The van der Waals surface area contributed by atoms with E-state index in [2.05, 4.69) is 5.16 Å². The maximum Gasteiger partial charge on any atom is 0.303 e. The quantitative estimate of drug-likeness (QED) is 0.184. The van der Waals surface area contributed by atoms with Crippen molar-refractivity contribution in [3.63, 3.8) is 0 Å². The highest BCUT2D eigenvalue weighted by Crippen LogP contribution is 1.93. The van der Waals surface area contributed by atoms with Crippen LogP contribution in [0.4, 0.5) is 0 Å². The first kappa shape index (κ1) is 17.9. The molecule has 1 aromatic rings. The molecule has 0 fully saturated rings. The lowest BCUT2D eigenvalue weighted by Gasteiger charge is -2.02. The average molecular weight is 312 g/mol. The summed E-state index contributed by atoms with van der Waals surface area (Å²) in [5.74, 6) is 0.751. The Kier molecular flexibility index (Phi) is 7.65. The highest BCUT2D eigenvalue weighted by molar-refractivity contribution is 7.90. The number of oxime groups is 1. The molecular weight excluding hydrogens is 294 g/mol. The van der Waals surface area contributed by atoms with Crippen molar-refractivity contribution in [2.75, 3.05) is 25.2 Å². The van der Waals surface area contributed by atoms with Crippen LogP contribution in [0.25, 0.3) is 0 Å². The van der Waals surface area contributed by atoms with E-state index in [1.54, 1.807) is 4.57 Å². The third-order valence-electron chi connectivity index (χ3n) is 2.37. The number of hydrogen-bond acceptors (Lipinski definition) is 5. The molecule has 1 N–H and O–H groups in total. The maximum absolute atomic E-state index is 10.9. The Hall–Kier alpha value is -1.12. The van der Waals surface area contributed by atoms with Gasteiger partial charge in [-0.1, -0.05) is 5.16 Å². The van der Waals surface area contributed by atoms with Crippen LogP contribution in [-0.2, 0) is 28.2 Å². The second kappa shape index (κ2) is 8.13. The van der Waals surface area contributed by atoms with Gasteiger partial charge in [0.15, 0.2) is 6.21 Å². The number of aromatic nitrogens is 2. The van der Waals surface area contributed by atoms with E-state index in [0.717, 1.165) is 5.82 Å². The van der Waals surface area contributed by atoms with Crippen LogP contribution in [0.3, 0.4) is 0 Å². The molecule has 0 amide bonds. The van der Waals surface area contributed by atoms with E-state index in [4.69, 9.17) is 9.94 Å². The van der Waals surface area contributed by atoms with E-state index in [0.29, 0.717) is 13.2 Å². The Balaban J connectivity index is 0.00000324. The molecule has 0 unspecified atom stereocenters. The molecule has 0 atom stereocenters. The van der Waals surface area contributed by atoms with Crippen LogP contribution < -0.4 is 17.0 Å². The highest BCUT2D eigenvalue weighted by Gasteiger charge is 2.12. The molecule has 1 heterocycles. The van der Waals surface area contributed by atoms with Crippen molar-refractivity contribution < 1.29 is 35.3 Å². The van der Waals surface area contributed by atoms with Gasteiger partial charge >= 0.3 is 5.82 Å². The SMILES string of the molecule is C[n+]1ccn(CCOCCS(C)(=O)=O)c1/C=N/O.[Cl-]. The number of rotatable bonds is 7. The highest BCUT2D eigenvalue weighted by atomic mass is 35.5. The lowest BCUT2D eigenvalue weighted by Crippen LogP contribution is -3.00. The first-order valence-corrected chi connectivity index (χ1v) is 7.48. The van der Waals surface area contributed by atoms with Crippen LogP contribution in [0, 0.1) is 0 Å². The van der Waals surface area contributed by atoms with Crippen LogP contribution in [0.1, 0.15) is 5.82 Å². The van der Waals surface area contributed by atoms with Crippen molar-refractivity contribution >= 4 is 16.1 Å². The van der Waals surface area contributed by atoms with Crippen molar-refractivity contribution in [2.24, 2.45) is 12.2 Å². The molecule has 110 valence electrons. The fourth-order valence-electron chi connectivity index (χ4n) is 1.42. The van der Waals surface area contributed by atoms with Crippen molar-refractivity contribution in [3.8, 4) is 0 Å². The smallest absolute Gasteiger partial charge is 0.303 e. The van der Waals surface area contributed by atoms with Crippen molar-refractivity contribution in [2.45, 2.75) is 6.54 Å². The number of sulfone groups is 1. The van der Waals surface area contributed by atoms with Gasteiger partial charge in [-0.3, -0.25) is 0 Å². The first-order chi connectivity index (χ1) is 8.44. The minimum absolute atomic E-state index is 0. The standard InChI is InChI=1S/C10H17N3O4S.ClH/c1-12-3-4-13(10(12)9-11-14)5-6-17-7-8-18(2,15)16;/h3-4,9H,5-8H2,1-2H3;1H. The molecule has 0 bridgehead atoms. The topological polar surface area (TPSA) is 84.8 Å². The monoisotopic (exact) mass is 311 g/mol. The van der Waals surface area contributed by atoms with E-state index in [-0.39, 0.29) is 24.8 Å². The zero-order valence-electron chi connectivity index (χ0n) is 10.9. The molecule has 0 aliphatic heterocycles. The predicted octanol–water partition coefficient (Wildman–Crippen LogP) is -3.81. The second-order valence-electron chi connectivity index (χ2n) is 3.95. The van der Waals surface area contributed by atoms with Gasteiger partial charge < -0.3 is 22.4 Å². The van der Waals surface area contributed by atoms with Gasteiger partial charge in [0.25, 0.3) is 0 Å².